The summed E-state index contributed by atoms with van der Waals surface area (Å²) in [5, 5.41) is 6.88. The number of hydrogen-bond acceptors (Lipinski definition) is 4. The van der Waals surface area contributed by atoms with Crippen LogP contribution < -0.4 is 5.32 Å². The normalized spacial score (nSPS) is 18.8. The van der Waals surface area contributed by atoms with Crippen molar-refractivity contribution in [2.75, 3.05) is 11.6 Å². The third-order valence-electron chi connectivity index (χ3n) is 4.76. The number of halogens is 5. The lowest BCUT2D eigenvalue weighted by molar-refractivity contribution is -0.138. The fraction of sp³-hybridized carbons (Fsp3) is 0.500. The number of hydrogen-bond donors (Lipinski definition) is 1. The fourth-order valence-electron chi connectivity index (χ4n) is 3.51. The summed E-state index contributed by atoms with van der Waals surface area (Å²) in [7, 11) is 0. The summed E-state index contributed by atoms with van der Waals surface area (Å²) in [6.07, 6.45) is -2.20. The molecule has 1 aliphatic carbocycles. The lowest BCUT2D eigenvalue weighted by atomic mass is 10.1. The molecule has 5 nitrogen and oxygen atoms in total. The second kappa shape index (κ2) is 7.92. The number of alkyl halides is 5. The van der Waals surface area contributed by atoms with Crippen LogP contribution in [-0.2, 0) is 12.7 Å². The zero-order valence-electron chi connectivity index (χ0n) is 15.7. The van der Waals surface area contributed by atoms with Gasteiger partial charge in [-0.25, -0.2) is 13.8 Å². The number of aryl methyl sites for hydroxylation is 1. The van der Waals surface area contributed by atoms with Gasteiger partial charge in [-0.1, -0.05) is 0 Å². The Morgan fingerprint density at radius 2 is 2.14 bits per heavy atom. The molecule has 0 aliphatic heterocycles. The van der Waals surface area contributed by atoms with Crippen LogP contribution in [0.15, 0.2) is 23.4 Å². The van der Waals surface area contributed by atoms with E-state index in [4.69, 9.17) is 0 Å². The highest BCUT2D eigenvalue weighted by atomic mass is 32.2. The van der Waals surface area contributed by atoms with Gasteiger partial charge in [-0.2, -0.15) is 18.3 Å². The van der Waals surface area contributed by atoms with Crippen molar-refractivity contribution < 1.29 is 26.7 Å². The molecule has 0 radical (unpaired) electrons. The van der Waals surface area contributed by atoms with Crippen molar-refractivity contribution in [2.24, 2.45) is 5.92 Å². The quantitative estimate of drug-likeness (QED) is 0.531. The second-order valence-electron chi connectivity index (χ2n) is 6.99. The van der Waals surface area contributed by atoms with Crippen molar-refractivity contribution in [3.05, 3.63) is 35.3 Å². The lowest BCUT2D eigenvalue weighted by Crippen LogP contribution is -2.24. The molecule has 1 atom stereocenters. The number of carbonyl (C=O) groups is 1. The molecule has 3 rings (SSSR count). The van der Waals surface area contributed by atoms with E-state index in [1.54, 1.807) is 6.26 Å². The molecule has 1 amide bonds. The van der Waals surface area contributed by atoms with Crippen molar-refractivity contribution in [2.45, 2.75) is 49.9 Å². The maximum atomic E-state index is 13.6. The number of thioether (sulfide) groups is 1. The Morgan fingerprint density at radius 1 is 1.41 bits per heavy atom. The highest BCUT2D eigenvalue weighted by molar-refractivity contribution is 7.98. The van der Waals surface area contributed by atoms with Gasteiger partial charge in [-0.05, 0) is 37.7 Å². The first-order chi connectivity index (χ1) is 13.5. The number of carbonyl (C=O) groups excluding carboxylic acids is 1. The first kappa shape index (κ1) is 21.5. The third kappa shape index (κ3) is 4.88. The van der Waals surface area contributed by atoms with E-state index in [0.717, 1.165) is 11.6 Å². The van der Waals surface area contributed by atoms with Gasteiger partial charge in [0.05, 0.1) is 10.7 Å². The highest BCUT2D eigenvalue weighted by Gasteiger charge is 2.43. The predicted molar refractivity (Wildman–Crippen MR) is 98.2 cm³/mol. The predicted octanol–water partition coefficient (Wildman–Crippen LogP) is 5.01. The molecular weight excluding hydrogens is 415 g/mol. The molecule has 0 aromatic carbocycles. The van der Waals surface area contributed by atoms with E-state index in [1.165, 1.54) is 30.1 Å². The van der Waals surface area contributed by atoms with Crippen LogP contribution in [0.3, 0.4) is 0 Å². The number of nitrogens with one attached hydrogen (secondary N) is 1. The number of amides is 1. The Labute approximate surface area is 168 Å². The summed E-state index contributed by atoms with van der Waals surface area (Å²) in [6.45, 7) is 0.972. The molecule has 1 fully saturated rings. The zero-order chi connectivity index (χ0) is 21.4. The SMILES string of the molecule is CSc1cc(NC(=O)c2c(C(F)(F)F)c(C)nn2CC2CCC(F)(F)C2)ccn1. The van der Waals surface area contributed by atoms with Gasteiger partial charge in [0, 0.05) is 31.3 Å². The summed E-state index contributed by atoms with van der Waals surface area (Å²) < 4.78 is 68.7. The molecule has 2 aromatic rings. The summed E-state index contributed by atoms with van der Waals surface area (Å²) in [5.41, 5.74) is -1.92. The van der Waals surface area contributed by atoms with E-state index < -0.39 is 41.6 Å². The maximum Gasteiger partial charge on any atom is 0.420 e. The van der Waals surface area contributed by atoms with Crippen LogP contribution in [0.4, 0.5) is 27.6 Å². The Balaban J connectivity index is 1.94. The van der Waals surface area contributed by atoms with Gasteiger partial charge in [-0.15, -0.1) is 11.8 Å². The van der Waals surface area contributed by atoms with Gasteiger partial charge in [0.1, 0.15) is 11.3 Å². The van der Waals surface area contributed by atoms with Crippen molar-refractivity contribution >= 4 is 23.4 Å². The number of nitrogens with zero attached hydrogens (tertiary/aromatic N) is 3. The van der Waals surface area contributed by atoms with Gasteiger partial charge in [0.2, 0.25) is 5.92 Å². The minimum atomic E-state index is -4.81. The number of anilines is 1. The van der Waals surface area contributed by atoms with Crippen LogP contribution in [0.2, 0.25) is 0 Å². The molecule has 0 spiro atoms. The maximum absolute atomic E-state index is 13.6. The number of aromatic nitrogens is 3. The largest absolute Gasteiger partial charge is 0.420 e. The summed E-state index contributed by atoms with van der Waals surface area (Å²) in [5.74, 6) is -4.39. The van der Waals surface area contributed by atoms with E-state index in [9.17, 15) is 26.7 Å². The first-order valence-corrected chi connectivity index (χ1v) is 10.1. The molecular formula is C18H19F5N4OS. The minimum absolute atomic E-state index is 0.162. The number of rotatable bonds is 5. The second-order valence-corrected chi connectivity index (χ2v) is 7.82. The Bertz CT molecular complexity index is 912. The molecule has 1 N–H and O–H groups in total. The molecule has 2 aromatic heterocycles. The van der Waals surface area contributed by atoms with Crippen LogP contribution in [0.25, 0.3) is 0 Å². The van der Waals surface area contributed by atoms with E-state index in [2.05, 4.69) is 15.4 Å². The molecule has 158 valence electrons. The third-order valence-corrected chi connectivity index (χ3v) is 5.41. The van der Waals surface area contributed by atoms with E-state index in [0.29, 0.717) is 5.03 Å². The summed E-state index contributed by atoms with van der Waals surface area (Å²) >= 11 is 1.31. The lowest BCUT2D eigenvalue weighted by Gasteiger charge is -2.15. The summed E-state index contributed by atoms with van der Waals surface area (Å²) in [4.78, 5) is 16.8. The Hall–Kier alpha value is -2.17. The monoisotopic (exact) mass is 434 g/mol. The fourth-order valence-corrected chi connectivity index (χ4v) is 3.93. The zero-order valence-corrected chi connectivity index (χ0v) is 16.5. The van der Waals surface area contributed by atoms with Crippen LogP contribution in [-0.4, -0.2) is 32.8 Å². The molecule has 1 aliphatic rings. The molecule has 1 saturated carbocycles. The average molecular weight is 434 g/mol. The van der Waals surface area contributed by atoms with Gasteiger partial charge >= 0.3 is 6.18 Å². The van der Waals surface area contributed by atoms with Crippen molar-refractivity contribution in [1.82, 2.24) is 14.8 Å². The van der Waals surface area contributed by atoms with Crippen LogP contribution in [0.1, 0.15) is 41.0 Å². The van der Waals surface area contributed by atoms with Gasteiger partial charge in [-0.3, -0.25) is 9.48 Å². The molecule has 2 heterocycles. The van der Waals surface area contributed by atoms with Gasteiger partial charge in [0.15, 0.2) is 0 Å². The smallest absolute Gasteiger partial charge is 0.321 e. The van der Waals surface area contributed by atoms with Crippen molar-refractivity contribution in [1.29, 1.82) is 0 Å². The van der Waals surface area contributed by atoms with Crippen LogP contribution >= 0.6 is 11.8 Å². The number of pyridine rings is 1. The van der Waals surface area contributed by atoms with E-state index in [1.807, 2.05) is 0 Å². The average Bonchev–Trinajstić information content (AvgIpc) is 3.13. The highest BCUT2D eigenvalue weighted by Crippen LogP contribution is 2.41. The summed E-state index contributed by atoms with van der Waals surface area (Å²) in [6, 6.07) is 2.98. The van der Waals surface area contributed by atoms with Gasteiger partial charge < -0.3 is 5.32 Å². The molecule has 1 unspecified atom stereocenters. The Kier molecular flexibility index (Phi) is 5.88. The molecule has 11 heteroatoms. The van der Waals surface area contributed by atoms with Crippen LogP contribution in [0.5, 0.6) is 0 Å². The van der Waals surface area contributed by atoms with E-state index >= 15 is 0 Å². The van der Waals surface area contributed by atoms with Crippen LogP contribution in [0, 0.1) is 12.8 Å². The van der Waals surface area contributed by atoms with E-state index in [-0.39, 0.29) is 30.8 Å². The van der Waals surface area contributed by atoms with Crippen molar-refractivity contribution in [3.8, 4) is 0 Å². The molecule has 0 saturated heterocycles. The minimum Gasteiger partial charge on any atom is -0.321 e. The van der Waals surface area contributed by atoms with Crippen molar-refractivity contribution in [3.63, 3.8) is 0 Å². The first-order valence-electron chi connectivity index (χ1n) is 8.84. The van der Waals surface area contributed by atoms with Gasteiger partial charge in [0.25, 0.3) is 5.91 Å². The standard InChI is InChI=1S/C18H19F5N4OS/c1-10-14(18(21,22)23)15(16(28)25-12-4-6-24-13(7-12)29-2)27(26-10)9-11-3-5-17(19,20)8-11/h4,6-7,11H,3,5,8-9H2,1-2H3,(H,24,25,28). The molecule has 29 heavy (non-hydrogen) atoms. The Morgan fingerprint density at radius 3 is 2.72 bits per heavy atom. The topological polar surface area (TPSA) is 59.8 Å². The molecule has 0 bridgehead atoms.